The summed E-state index contributed by atoms with van der Waals surface area (Å²) in [6.07, 6.45) is 0.949. The van der Waals surface area contributed by atoms with Crippen molar-refractivity contribution < 1.29 is 0 Å². The third-order valence-corrected chi connectivity index (χ3v) is 2.92. The van der Waals surface area contributed by atoms with Crippen LogP contribution in [-0.2, 0) is 6.42 Å². The minimum Gasteiger partial charge on any atom is -0.399 e. The zero-order valence-corrected chi connectivity index (χ0v) is 10.6. The third kappa shape index (κ3) is 3.45. The fourth-order valence-electron chi connectivity index (χ4n) is 1.81. The molecule has 0 aliphatic carbocycles. The van der Waals surface area contributed by atoms with Gasteiger partial charge in [-0.1, -0.05) is 42.5 Å². The molecule has 18 heavy (non-hydrogen) atoms. The van der Waals surface area contributed by atoms with Crippen LogP contribution in [0.1, 0.15) is 18.1 Å². The van der Waals surface area contributed by atoms with Crippen LogP contribution in [0.5, 0.6) is 0 Å². The van der Waals surface area contributed by atoms with Gasteiger partial charge in [0.15, 0.2) is 0 Å². The molecule has 2 aromatic carbocycles. The van der Waals surface area contributed by atoms with Gasteiger partial charge in [-0.05, 0) is 36.6 Å². The minimum atomic E-state index is 0.808. The van der Waals surface area contributed by atoms with Crippen molar-refractivity contribution in [3.05, 3.63) is 65.7 Å². The molecule has 0 unspecified atom stereocenters. The van der Waals surface area contributed by atoms with Gasteiger partial charge in [0.1, 0.15) is 0 Å². The van der Waals surface area contributed by atoms with E-state index >= 15 is 0 Å². The van der Waals surface area contributed by atoms with Crippen molar-refractivity contribution >= 4 is 11.4 Å². The van der Waals surface area contributed by atoms with E-state index in [9.17, 15) is 0 Å². The van der Waals surface area contributed by atoms with Crippen molar-refractivity contribution in [3.8, 4) is 0 Å². The summed E-state index contributed by atoms with van der Waals surface area (Å²) in [5.41, 5.74) is 10.0. The van der Waals surface area contributed by atoms with Crippen LogP contribution in [0.25, 0.3) is 0 Å². The van der Waals surface area contributed by atoms with Crippen molar-refractivity contribution in [2.75, 3.05) is 12.3 Å². The number of nitrogens with two attached hydrogens (primary N) is 1. The van der Waals surface area contributed by atoms with Gasteiger partial charge in [-0.3, -0.25) is 4.99 Å². The van der Waals surface area contributed by atoms with E-state index in [0.717, 1.165) is 24.4 Å². The Morgan fingerprint density at radius 2 is 1.67 bits per heavy atom. The van der Waals surface area contributed by atoms with Gasteiger partial charge in [0.2, 0.25) is 0 Å². The maximum absolute atomic E-state index is 5.65. The Morgan fingerprint density at radius 3 is 2.33 bits per heavy atom. The Bertz CT molecular complexity index is 513. The Balaban J connectivity index is 1.93. The van der Waals surface area contributed by atoms with Crippen molar-refractivity contribution in [1.82, 2.24) is 0 Å². The molecule has 2 N–H and O–H groups in total. The molecule has 0 saturated heterocycles. The number of anilines is 1. The topological polar surface area (TPSA) is 38.4 Å². The first kappa shape index (κ1) is 12.4. The van der Waals surface area contributed by atoms with Gasteiger partial charge in [-0.15, -0.1) is 0 Å². The van der Waals surface area contributed by atoms with Gasteiger partial charge in [-0.2, -0.15) is 0 Å². The molecule has 0 aliphatic rings. The van der Waals surface area contributed by atoms with E-state index in [-0.39, 0.29) is 0 Å². The molecule has 0 fully saturated rings. The molecule has 2 rings (SSSR count). The first-order valence-corrected chi connectivity index (χ1v) is 6.16. The van der Waals surface area contributed by atoms with Gasteiger partial charge in [0, 0.05) is 17.9 Å². The second-order valence-corrected chi connectivity index (χ2v) is 4.32. The van der Waals surface area contributed by atoms with E-state index in [4.69, 9.17) is 5.73 Å². The third-order valence-electron chi connectivity index (χ3n) is 2.92. The second-order valence-electron chi connectivity index (χ2n) is 4.32. The summed E-state index contributed by atoms with van der Waals surface area (Å²) >= 11 is 0. The largest absolute Gasteiger partial charge is 0.399 e. The first-order chi connectivity index (χ1) is 8.75. The van der Waals surface area contributed by atoms with Crippen LogP contribution in [0, 0.1) is 0 Å². The maximum atomic E-state index is 5.65. The standard InChI is InChI=1S/C16H18N2/c1-13(15-5-3-2-4-6-15)18-12-11-14-7-9-16(17)10-8-14/h2-10H,11-12,17H2,1H3. The molecule has 0 aliphatic heterocycles. The van der Waals surface area contributed by atoms with E-state index in [1.807, 2.05) is 30.3 Å². The lowest BCUT2D eigenvalue weighted by molar-refractivity contribution is 0.967. The second kappa shape index (κ2) is 6.01. The minimum absolute atomic E-state index is 0.808. The van der Waals surface area contributed by atoms with Crippen LogP contribution in [0.15, 0.2) is 59.6 Å². The summed E-state index contributed by atoms with van der Waals surface area (Å²) in [5, 5.41) is 0. The number of nitrogen functional groups attached to an aromatic ring is 1. The number of hydrogen-bond acceptors (Lipinski definition) is 2. The van der Waals surface area contributed by atoms with Crippen molar-refractivity contribution in [1.29, 1.82) is 0 Å². The Kier molecular flexibility index (Phi) is 4.13. The molecule has 0 spiro atoms. The van der Waals surface area contributed by atoms with Gasteiger partial charge in [-0.25, -0.2) is 0 Å². The highest BCUT2D eigenvalue weighted by Gasteiger charge is 1.96. The van der Waals surface area contributed by atoms with Crippen molar-refractivity contribution in [2.24, 2.45) is 4.99 Å². The average molecular weight is 238 g/mol. The molecule has 0 saturated carbocycles. The van der Waals surface area contributed by atoms with Gasteiger partial charge in [0.25, 0.3) is 0 Å². The van der Waals surface area contributed by atoms with Crippen LogP contribution in [-0.4, -0.2) is 12.3 Å². The SMILES string of the molecule is CC(=NCCc1ccc(N)cc1)c1ccccc1. The fourth-order valence-corrected chi connectivity index (χ4v) is 1.81. The van der Waals surface area contributed by atoms with E-state index in [0.29, 0.717) is 0 Å². The number of nitrogens with zero attached hydrogens (tertiary/aromatic N) is 1. The summed E-state index contributed by atoms with van der Waals surface area (Å²) in [4.78, 5) is 4.60. The number of rotatable bonds is 4. The van der Waals surface area contributed by atoms with Gasteiger partial charge < -0.3 is 5.73 Å². The molecule has 0 aromatic heterocycles. The van der Waals surface area contributed by atoms with Gasteiger partial charge >= 0.3 is 0 Å². The molecule has 92 valence electrons. The van der Waals surface area contributed by atoms with Crippen molar-refractivity contribution in [3.63, 3.8) is 0 Å². The Morgan fingerprint density at radius 1 is 1.00 bits per heavy atom. The zero-order valence-electron chi connectivity index (χ0n) is 10.6. The predicted octanol–water partition coefficient (Wildman–Crippen LogP) is 3.32. The smallest absolute Gasteiger partial charge is 0.0433 e. The summed E-state index contributed by atoms with van der Waals surface area (Å²) < 4.78 is 0. The fraction of sp³-hybridized carbons (Fsp3) is 0.188. The number of aliphatic imine (C=N–C) groups is 1. The normalized spacial score (nSPS) is 11.5. The van der Waals surface area contributed by atoms with Gasteiger partial charge in [0.05, 0.1) is 0 Å². The lowest BCUT2D eigenvalue weighted by Crippen LogP contribution is -1.98. The van der Waals surface area contributed by atoms with E-state index < -0.39 is 0 Å². The number of hydrogen-bond donors (Lipinski definition) is 1. The summed E-state index contributed by atoms with van der Waals surface area (Å²) in [6, 6.07) is 18.2. The quantitative estimate of drug-likeness (QED) is 0.644. The lowest BCUT2D eigenvalue weighted by atomic mass is 10.1. The molecule has 0 bridgehead atoms. The highest BCUT2D eigenvalue weighted by molar-refractivity contribution is 5.98. The predicted molar refractivity (Wildman–Crippen MR) is 78.1 cm³/mol. The molecule has 0 atom stereocenters. The summed E-state index contributed by atoms with van der Waals surface area (Å²) in [7, 11) is 0. The Hall–Kier alpha value is -2.09. The van der Waals surface area contributed by atoms with Crippen LogP contribution < -0.4 is 5.73 Å². The molecular formula is C16H18N2. The average Bonchev–Trinajstić information content (AvgIpc) is 2.42. The molecule has 2 heteroatoms. The van der Waals surface area contributed by atoms with E-state index in [1.54, 1.807) is 0 Å². The summed E-state index contributed by atoms with van der Waals surface area (Å²) in [5.74, 6) is 0. The molecule has 2 nitrogen and oxygen atoms in total. The first-order valence-electron chi connectivity index (χ1n) is 6.16. The van der Waals surface area contributed by atoms with E-state index in [1.165, 1.54) is 11.1 Å². The maximum Gasteiger partial charge on any atom is 0.0433 e. The monoisotopic (exact) mass is 238 g/mol. The number of benzene rings is 2. The lowest BCUT2D eigenvalue weighted by Gasteiger charge is -2.02. The van der Waals surface area contributed by atoms with Crippen LogP contribution in [0.4, 0.5) is 5.69 Å². The van der Waals surface area contributed by atoms with Crippen LogP contribution >= 0.6 is 0 Å². The zero-order chi connectivity index (χ0) is 12.8. The van der Waals surface area contributed by atoms with E-state index in [2.05, 4.69) is 36.2 Å². The highest BCUT2D eigenvalue weighted by atomic mass is 14.7. The molecular weight excluding hydrogens is 220 g/mol. The van der Waals surface area contributed by atoms with Crippen LogP contribution in [0.3, 0.4) is 0 Å². The van der Waals surface area contributed by atoms with Crippen LogP contribution in [0.2, 0.25) is 0 Å². The molecule has 0 amide bonds. The summed E-state index contributed by atoms with van der Waals surface area (Å²) in [6.45, 7) is 2.86. The Labute approximate surface area is 108 Å². The molecule has 0 radical (unpaired) electrons. The molecule has 2 aromatic rings. The highest BCUT2D eigenvalue weighted by Crippen LogP contribution is 2.07. The molecule has 0 heterocycles. The van der Waals surface area contributed by atoms with Crippen molar-refractivity contribution in [2.45, 2.75) is 13.3 Å².